The number of nitrogens with zero attached hydrogens (tertiary/aromatic N) is 4. The molecule has 1 saturated heterocycles. The van der Waals surface area contributed by atoms with Crippen molar-refractivity contribution in [2.24, 2.45) is 4.99 Å². The van der Waals surface area contributed by atoms with Crippen LogP contribution in [0.2, 0.25) is 0 Å². The number of unbranched alkanes of at least 4 members (excludes halogenated alkanes) is 1. The number of aliphatic imine (C=N–C) groups is 1. The molecule has 0 atom stereocenters. The van der Waals surface area contributed by atoms with Crippen molar-refractivity contribution in [3.05, 3.63) is 23.9 Å². The Balaban J connectivity index is 0.00000420. The van der Waals surface area contributed by atoms with E-state index in [-0.39, 0.29) is 24.0 Å². The van der Waals surface area contributed by atoms with Crippen LogP contribution in [0, 0.1) is 0 Å². The smallest absolute Gasteiger partial charge is 0.191 e. The van der Waals surface area contributed by atoms with E-state index in [2.05, 4.69) is 63.4 Å². The summed E-state index contributed by atoms with van der Waals surface area (Å²) in [5, 5.41) is 6.67. The van der Waals surface area contributed by atoms with Crippen LogP contribution in [0.4, 0.5) is 5.82 Å². The molecule has 1 fully saturated rings. The van der Waals surface area contributed by atoms with Crippen LogP contribution in [0.15, 0.2) is 23.3 Å². The summed E-state index contributed by atoms with van der Waals surface area (Å²) in [5.74, 6) is 1.91. The highest BCUT2D eigenvalue weighted by molar-refractivity contribution is 14.0. The summed E-state index contributed by atoms with van der Waals surface area (Å²) < 4.78 is 5.60. The average molecular weight is 518 g/mol. The SMILES string of the molecule is CCCCOCCCNC(=NCc1ccc(N2CCN(C)CC2)nc1)NCC.I. The number of ether oxygens (including phenoxy) is 1. The second kappa shape index (κ2) is 15.7. The van der Waals surface area contributed by atoms with Gasteiger partial charge in [0.2, 0.25) is 0 Å². The minimum absolute atomic E-state index is 0. The monoisotopic (exact) mass is 518 g/mol. The van der Waals surface area contributed by atoms with Crippen LogP contribution in [0.25, 0.3) is 0 Å². The Kier molecular flexibility index (Phi) is 14.0. The van der Waals surface area contributed by atoms with Gasteiger partial charge >= 0.3 is 0 Å². The van der Waals surface area contributed by atoms with Crippen LogP contribution in [0.1, 0.15) is 38.7 Å². The summed E-state index contributed by atoms with van der Waals surface area (Å²) in [4.78, 5) is 14.0. The van der Waals surface area contributed by atoms with Crippen molar-refractivity contribution in [2.45, 2.75) is 39.7 Å². The molecule has 0 saturated carbocycles. The van der Waals surface area contributed by atoms with E-state index in [0.29, 0.717) is 6.54 Å². The number of aromatic nitrogens is 1. The minimum Gasteiger partial charge on any atom is -0.381 e. The van der Waals surface area contributed by atoms with E-state index in [9.17, 15) is 0 Å². The minimum atomic E-state index is 0. The number of guanidine groups is 1. The molecule has 1 aliphatic rings. The molecule has 166 valence electrons. The third-order valence-corrected chi connectivity index (χ3v) is 4.80. The fourth-order valence-corrected chi connectivity index (χ4v) is 2.97. The number of anilines is 1. The lowest BCUT2D eigenvalue weighted by molar-refractivity contribution is 0.129. The maximum Gasteiger partial charge on any atom is 0.191 e. The molecule has 2 rings (SSSR count). The molecule has 0 unspecified atom stereocenters. The van der Waals surface area contributed by atoms with Crippen molar-refractivity contribution in [3.8, 4) is 0 Å². The zero-order chi connectivity index (χ0) is 20.0. The molecule has 2 N–H and O–H groups in total. The third kappa shape index (κ3) is 10.5. The van der Waals surface area contributed by atoms with Gasteiger partial charge in [0.15, 0.2) is 5.96 Å². The molecule has 0 bridgehead atoms. The van der Waals surface area contributed by atoms with Gasteiger partial charge in [0.1, 0.15) is 5.82 Å². The van der Waals surface area contributed by atoms with Gasteiger partial charge in [0, 0.05) is 58.7 Å². The standard InChI is InChI=1S/C21H38N6O.HI/c1-4-6-15-28-16-7-10-23-21(22-5-2)25-18-19-8-9-20(24-17-19)27-13-11-26(3)12-14-27;/h8-9,17H,4-7,10-16,18H2,1-3H3,(H2,22,23,25);1H. The molecule has 0 aromatic carbocycles. The molecule has 7 nitrogen and oxygen atoms in total. The summed E-state index contributed by atoms with van der Waals surface area (Å²) in [6.07, 6.45) is 5.25. The number of pyridine rings is 1. The van der Waals surface area contributed by atoms with Crippen LogP contribution in [-0.4, -0.2) is 75.4 Å². The van der Waals surface area contributed by atoms with E-state index in [1.54, 1.807) is 0 Å². The largest absolute Gasteiger partial charge is 0.381 e. The summed E-state index contributed by atoms with van der Waals surface area (Å²) in [6, 6.07) is 4.25. The van der Waals surface area contributed by atoms with E-state index in [4.69, 9.17) is 4.74 Å². The van der Waals surface area contributed by atoms with Gasteiger partial charge in [-0.3, -0.25) is 0 Å². The zero-order valence-corrected chi connectivity index (χ0v) is 20.7. The van der Waals surface area contributed by atoms with Crippen LogP contribution < -0.4 is 15.5 Å². The number of piperazine rings is 1. The Hall–Kier alpha value is -1.13. The summed E-state index contributed by atoms with van der Waals surface area (Å²) in [6.45, 7) is 12.5. The van der Waals surface area contributed by atoms with Crippen LogP contribution in [0.3, 0.4) is 0 Å². The molecule has 0 aliphatic carbocycles. The third-order valence-electron chi connectivity index (χ3n) is 4.80. The van der Waals surface area contributed by atoms with Gasteiger partial charge < -0.3 is 25.2 Å². The van der Waals surface area contributed by atoms with Crippen molar-refractivity contribution in [3.63, 3.8) is 0 Å². The molecule has 29 heavy (non-hydrogen) atoms. The molecule has 1 aromatic rings. The molecule has 2 heterocycles. The van der Waals surface area contributed by atoms with Gasteiger partial charge in [-0.25, -0.2) is 9.98 Å². The number of rotatable bonds is 11. The van der Waals surface area contributed by atoms with E-state index in [1.165, 1.54) is 6.42 Å². The topological polar surface area (TPSA) is 65.0 Å². The second-order valence-electron chi connectivity index (χ2n) is 7.26. The second-order valence-corrected chi connectivity index (χ2v) is 7.26. The first-order valence-corrected chi connectivity index (χ1v) is 10.7. The van der Waals surface area contributed by atoms with Crippen molar-refractivity contribution in [1.82, 2.24) is 20.5 Å². The molecule has 1 aromatic heterocycles. The van der Waals surface area contributed by atoms with Crippen molar-refractivity contribution in [1.29, 1.82) is 0 Å². The Bertz CT molecular complexity index is 561. The normalized spacial score (nSPS) is 15.1. The number of nitrogens with one attached hydrogen (secondary N) is 2. The quantitative estimate of drug-likeness (QED) is 0.203. The van der Waals surface area contributed by atoms with Crippen molar-refractivity contribution >= 4 is 35.8 Å². The van der Waals surface area contributed by atoms with Crippen LogP contribution in [0.5, 0.6) is 0 Å². The predicted molar refractivity (Wildman–Crippen MR) is 133 cm³/mol. The fourth-order valence-electron chi connectivity index (χ4n) is 2.97. The summed E-state index contributed by atoms with van der Waals surface area (Å²) in [5.41, 5.74) is 1.12. The van der Waals surface area contributed by atoms with Gasteiger partial charge in [-0.1, -0.05) is 19.4 Å². The Morgan fingerprint density at radius 3 is 2.52 bits per heavy atom. The highest BCUT2D eigenvalue weighted by Crippen LogP contribution is 2.14. The first kappa shape index (κ1) is 25.9. The Morgan fingerprint density at radius 2 is 1.86 bits per heavy atom. The van der Waals surface area contributed by atoms with E-state index >= 15 is 0 Å². The molecule has 1 aliphatic heterocycles. The average Bonchev–Trinajstić information content (AvgIpc) is 2.72. The molecule has 0 amide bonds. The number of halogens is 1. The van der Waals surface area contributed by atoms with Crippen LogP contribution >= 0.6 is 24.0 Å². The molecule has 0 radical (unpaired) electrons. The van der Waals surface area contributed by atoms with Crippen molar-refractivity contribution < 1.29 is 4.74 Å². The van der Waals surface area contributed by atoms with Crippen LogP contribution in [-0.2, 0) is 11.3 Å². The predicted octanol–water partition coefficient (Wildman–Crippen LogP) is 2.71. The number of hydrogen-bond acceptors (Lipinski definition) is 5. The van der Waals surface area contributed by atoms with Gasteiger partial charge in [0.05, 0.1) is 6.54 Å². The molecule has 8 heteroatoms. The number of hydrogen-bond donors (Lipinski definition) is 2. The lowest BCUT2D eigenvalue weighted by Gasteiger charge is -2.33. The molecular weight excluding hydrogens is 479 g/mol. The first-order valence-electron chi connectivity index (χ1n) is 10.7. The van der Waals surface area contributed by atoms with E-state index in [0.717, 1.165) is 82.7 Å². The Morgan fingerprint density at radius 1 is 1.10 bits per heavy atom. The maximum atomic E-state index is 5.60. The summed E-state index contributed by atoms with van der Waals surface area (Å²) >= 11 is 0. The molecule has 0 spiro atoms. The van der Waals surface area contributed by atoms with Crippen molar-refractivity contribution in [2.75, 3.05) is 64.4 Å². The molecular formula is C21H39IN6O. The highest BCUT2D eigenvalue weighted by atomic mass is 127. The highest BCUT2D eigenvalue weighted by Gasteiger charge is 2.14. The van der Waals surface area contributed by atoms with E-state index in [1.807, 2.05) is 6.20 Å². The Labute approximate surface area is 193 Å². The van der Waals surface area contributed by atoms with Gasteiger partial charge in [-0.15, -0.1) is 24.0 Å². The van der Waals surface area contributed by atoms with Gasteiger partial charge in [-0.05, 0) is 38.4 Å². The number of likely N-dealkylation sites (N-methyl/N-ethyl adjacent to an activating group) is 1. The fraction of sp³-hybridized carbons (Fsp3) is 0.714. The lowest BCUT2D eigenvalue weighted by atomic mass is 10.2. The van der Waals surface area contributed by atoms with E-state index < -0.39 is 0 Å². The maximum absolute atomic E-state index is 5.60. The summed E-state index contributed by atoms with van der Waals surface area (Å²) in [7, 11) is 2.17. The lowest BCUT2D eigenvalue weighted by Crippen LogP contribution is -2.44. The zero-order valence-electron chi connectivity index (χ0n) is 18.3. The van der Waals surface area contributed by atoms with Gasteiger partial charge in [-0.2, -0.15) is 0 Å². The van der Waals surface area contributed by atoms with Gasteiger partial charge in [0.25, 0.3) is 0 Å². The first-order chi connectivity index (χ1) is 13.7.